The monoisotopic (exact) mass is 512 g/mol. The molecule has 0 aromatic heterocycles. The molecule has 9 heteroatoms. The van der Waals surface area contributed by atoms with Crippen molar-refractivity contribution in [3.63, 3.8) is 0 Å². The van der Waals surface area contributed by atoms with Gasteiger partial charge in [-0.15, -0.1) is 5.73 Å². The Morgan fingerprint density at radius 3 is 1.97 bits per heavy atom. The molecule has 1 N–H and O–H groups in total. The van der Waals surface area contributed by atoms with Crippen molar-refractivity contribution in [3.05, 3.63) is 76.5 Å². The van der Waals surface area contributed by atoms with Crippen LogP contribution < -0.4 is 4.72 Å². The Labute approximate surface area is 187 Å². The number of nitrogens with one attached hydrogen (secondary N) is 1. The van der Waals surface area contributed by atoms with Gasteiger partial charge in [-0.25, -0.2) is 21.6 Å². The number of aryl methyl sites for hydroxylation is 2. The van der Waals surface area contributed by atoms with Crippen molar-refractivity contribution in [3.8, 4) is 0 Å². The number of sulfonamides is 2. The summed E-state index contributed by atoms with van der Waals surface area (Å²) in [5.41, 5.74) is 4.72. The van der Waals surface area contributed by atoms with E-state index in [1.54, 1.807) is 49.4 Å². The highest BCUT2D eigenvalue weighted by molar-refractivity contribution is 9.11. The molecule has 0 saturated heterocycles. The molecular formula is C21H25BrN2O4S2. The SMILES string of the molecule is Cc1ccc(S(=O)(=O)NCCN([C@@H](C)C=C=CBr)S(=O)(=O)c2ccc(C)cc2)cc1. The lowest BCUT2D eigenvalue weighted by Gasteiger charge is -2.26. The maximum absolute atomic E-state index is 13.2. The molecule has 0 saturated carbocycles. The van der Waals surface area contributed by atoms with Crippen molar-refractivity contribution in [2.45, 2.75) is 36.6 Å². The summed E-state index contributed by atoms with van der Waals surface area (Å²) in [6.45, 7) is 5.35. The van der Waals surface area contributed by atoms with Crippen LogP contribution in [0.15, 0.2) is 75.1 Å². The van der Waals surface area contributed by atoms with Crippen LogP contribution in [0.25, 0.3) is 0 Å². The average Bonchev–Trinajstić information content (AvgIpc) is 2.70. The molecule has 0 radical (unpaired) electrons. The highest BCUT2D eigenvalue weighted by Gasteiger charge is 2.28. The zero-order chi connectivity index (χ0) is 22.4. The molecule has 0 unspecified atom stereocenters. The predicted molar refractivity (Wildman–Crippen MR) is 122 cm³/mol. The van der Waals surface area contributed by atoms with E-state index in [0.717, 1.165) is 11.1 Å². The summed E-state index contributed by atoms with van der Waals surface area (Å²) < 4.78 is 55.1. The third kappa shape index (κ3) is 6.38. The summed E-state index contributed by atoms with van der Waals surface area (Å²) in [5.74, 6) is 0. The average molecular weight is 513 g/mol. The van der Waals surface area contributed by atoms with Gasteiger partial charge >= 0.3 is 0 Å². The van der Waals surface area contributed by atoms with E-state index < -0.39 is 26.1 Å². The van der Waals surface area contributed by atoms with Gasteiger partial charge in [0.05, 0.1) is 9.79 Å². The van der Waals surface area contributed by atoms with E-state index in [9.17, 15) is 16.8 Å². The van der Waals surface area contributed by atoms with E-state index in [2.05, 4.69) is 26.4 Å². The Morgan fingerprint density at radius 1 is 0.967 bits per heavy atom. The molecule has 0 heterocycles. The lowest BCUT2D eigenvalue weighted by Crippen LogP contribution is -2.42. The van der Waals surface area contributed by atoms with Gasteiger partial charge in [0.25, 0.3) is 0 Å². The Morgan fingerprint density at radius 2 is 1.47 bits per heavy atom. The number of hydrogen-bond donors (Lipinski definition) is 1. The molecule has 0 amide bonds. The lowest BCUT2D eigenvalue weighted by atomic mass is 10.2. The van der Waals surface area contributed by atoms with Gasteiger partial charge in [0.15, 0.2) is 0 Å². The molecule has 6 nitrogen and oxygen atoms in total. The number of rotatable bonds is 9. The zero-order valence-corrected chi connectivity index (χ0v) is 20.3. The first-order valence-electron chi connectivity index (χ1n) is 9.24. The molecule has 0 spiro atoms. The van der Waals surface area contributed by atoms with Crippen LogP contribution in [-0.4, -0.2) is 40.3 Å². The van der Waals surface area contributed by atoms with Crippen molar-refractivity contribution < 1.29 is 16.8 Å². The second-order valence-corrected chi connectivity index (χ2v) is 10.9. The minimum atomic E-state index is -3.84. The summed E-state index contributed by atoms with van der Waals surface area (Å²) >= 11 is 3.11. The van der Waals surface area contributed by atoms with E-state index in [1.807, 2.05) is 13.8 Å². The van der Waals surface area contributed by atoms with Gasteiger partial charge in [0, 0.05) is 24.1 Å². The summed E-state index contributed by atoms with van der Waals surface area (Å²) in [7, 11) is -7.58. The van der Waals surface area contributed by atoms with E-state index in [1.165, 1.54) is 21.4 Å². The molecule has 2 rings (SSSR count). The van der Waals surface area contributed by atoms with Gasteiger partial charge in [0.2, 0.25) is 20.0 Å². The topological polar surface area (TPSA) is 83.6 Å². The molecule has 0 aliphatic carbocycles. The third-order valence-electron chi connectivity index (χ3n) is 4.44. The number of halogens is 1. The van der Waals surface area contributed by atoms with Crippen LogP contribution in [0.5, 0.6) is 0 Å². The van der Waals surface area contributed by atoms with Gasteiger partial charge in [-0.2, -0.15) is 4.31 Å². The molecule has 30 heavy (non-hydrogen) atoms. The fourth-order valence-electron chi connectivity index (χ4n) is 2.74. The first-order valence-corrected chi connectivity index (χ1v) is 13.1. The van der Waals surface area contributed by atoms with Crippen LogP contribution in [0.1, 0.15) is 18.1 Å². The maximum atomic E-state index is 13.2. The van der Waals surface area contributed by atoms with E-state index >= 15 is 0 Å². The van der Waals surface area contributed by atoms with Crippen LogP contribution in [0.3, 0.4) is 0 Å². The predicted octanol–water partition coefficient (Wildman–Crippen LogP) is 3.72. The van der Waals surface area contributed by atoms with Gasteiger partial charge < -0.3 is 0 Å². The minimum absolute atomic E-state index is 0.0388. The third-order valence-corrected chi connectivity index (χ3v) is 8.18. The molecule has 0 bridgehead atoms. The van der Waals surface area contributed by atoms with Crippen LogP contribution in [0.4, 0.5) is 0 Å². The molecule has 2 aromatic carbocycles. The Hall–Kier alpha value is -1.74. The minimum Gasteiger partial charge on any atom is -0.210 e. The number of benzene rings is 2. The molecule has 2 aromatic rings. The molecular weight excluding hydrogens is 488 g/mol. The molecule has 0 aliphatic rings. The quantitative estimate of drug-likeness (QED) is 0.518. The Balaban J connectivity index is 2.24. The summed E-state index contributed by atoms with van der Waals surface area (Å²) in [6.07, 6.45) is 1.59. The highest BCUT2D eigenvalue weighted by atomic mass is 79.9. The fraction of sp³-hybridized carbons (Fsp3) is 0.286. The standard InChI is InChI=1S/C21H25BrN2O4S2/c1-17-6-10-20(11-7-17)29(25,26)23-15-16-24(19(3)5-4-14-22)30(27,28)21-12-8-18(2)9-13-21/h5-14,19,23H,15-16H2,1-3H3/t4?,19-/m0/s1. The van der Waals surface area contributed by atoms with Gasteiger partial charge in [0.1, 0.15) is 0 Å². The summed E-state index contributed by atoms with van der Waals surface area (Å²) in [6, 6.07) is 12.5. The van der Waals surface area contributed by atoms with Crippen molar-refractivity contribution in [2.75, 3.05) is 13.1 Å². The van der Waals surface area contributed by atoms with Crippen LogP contribution >= 0.6 is 15.9 Å². The smallest absolute Gasteiger partial charge is 0.210 e. The largest absolute Gasteiger partial charge is 0.243 e. The van der Waals surface area contributed by atoms with Crippen LogP contribution in [-0.2, 0) is 20.0 Å². The first kappa shape index (κ1) is 24.5. The van der Waals surface area contributed by atoms with Gasteiger partial charge in [-0.1, -0.05) is 51.3 Å². The van der Waals surface area contributed by atoms with E-state index in [0.29, 0.717) is 0 Å². The van der Waals surface area contributed by atoms with E-state index in [4.69, 9.17) is 0 Å². The fourth-order valence-corrected chi connectivity index (χ4v) is 5.49. The van der Waals surface area contributed by atoms with Crippen LogP contribution in [0, 0.1) is 13.8 Å². The molecule has 0 fully saturated rings. The van der Waals surface area contributed by atoms with Gasteiger partial charge in [-0.3, -0.25) is 0 Å². The Bertz CT molecular complexity index is 1120. The normalized spacial score (nSPS) is 13.0. The zero-order valence-electron chi connectivity index (χ0n) is 17.0. The molecule has 162 valence electrons. The lowest BCUT2D eigenvalue weighted by molar-refractivity contribution is 0.380. The second-order valence-electron chi connectivity index (χ2n) is 6.82. The number of nitrogens with zero attached hydrogens (tertiary/aromatic N) is 1. The second kappa shape index (κ2) is 10.5. The first-order chi connectivity index (χ1) is 14.1. The summed E-state index contributed by atoms with van der Waals surface area (Å²) in [4.78, 5) is 1.79. The maximum Gasteiger partial charge on any atom is 0.243 e. The number of hydrogen-bond acceptors (Lipinski definition) is 4. The van der Waals surface area contributed by atoms with Crippen molar-refractivity contribution in [1.29, 1.82) is 0 Å². The van der Waals surface area contributed by atoms with Crippen molar-refractivity contribution in [2.24, 2.45) is 0 Å². The highest BCUT2D eigenvalue weighted by Crippen LogP contribution is 2.19. The molecule has 0 aliphatic heterocycles. The molecule has 1 atom stereocenters. The van der Waals surface area contributed by atoms with E-state index in [-0.39, 0.29) is 22.9 Å². The summed E-state index contributed by atoms with van der Waals surface area (Å²) in [5, 5.41) is 0. The Kier molecular flexibility index (Phi) is 8.61. The van der Waals surface area contributed by atoms with Crippen molar-refractivity contribution in [1.82, 2.24) is 9.03 Å². The van der Waals surface area contributed by atoms with Gasteiger partial charge in [-0.05, 0) is 51.1 Å². The van der Waals surface area contributed by atoms with Crippen molar-refractivity contribution >= 4 is 36.0 Å². The van der Waals surface area contributed by atoms with Crippen LogP contribution in [0.2, 0.25) is 0 Å².